The molecule has 0 aliphatic rings. The monoisotopic (exact) mass is 469 g/mol. The van der Waals surface area contributed by atoms with Crippen LogP contribution in [0, 0.1) is 12.7 Å². The van der Waals surface area contributed by atoms with Gasteiger partial charge in [-0.05, 0) is 68.4 Å². The van der Waals surface area contributed by atoms with Gasteiger partial charge in [0.15, 0.2) is 17.4 Å². The fourth-order valence-electron chi connectivity index (χ4n) is 2.88. The number of nitrogens with one attached hydrogen (secondary N) is 1. The number of nitrogens with zero attached hydrogens (tertiary/aromatic N) is 4. The minimum absolute atomic E-state index is 0.00572. The molecule has 0 amide bonds. The molecule has 9 nitrogen and oxygen atoms in total. The Balaban J connectivity index is 1.42. The van der Waals surface area contributed by atoms with Gasteiger partial charge in [-0.2, -0.15) is 5.10 Å². The molecule has 2 aromatic heterocycles. The number of ether oxygens (including phenoxy) is 2. The molecular weight excluding hydrogens is 449 g/mol. The largest absolute Gasteiger partial charge is 0.491 e. The highest BCUT2D eigenvalue weighted by molar-refractivity contribution is 7.92. The molecule has 33 heavy (non-hydrogen) atoms. The number of rotatable bonds is 8. The summed E-state index contributed by atoms with van der Waals surface area (Å²) in [7, 11) is -3.99. The van der Waals surface area contributed by atoms with Crippen molar-refractivity contribution in [3.63, 3.8) is 0 Å². The summed E-state index contributed by atoms with van der Waals surface area (Å²) in [4.78, 5) is -0.216. The number of aromatic nitrogens is 4. The number of sulfonamides is 1. The third-order valence-corrected chi connectivity index (χ3v) is 5.80. The molecule has 0 saturated heterocycles. The summed E-state index contributed by atoms with van der Waals surface area (Å²) in [5.74, 6) is 0.487. The number of halogens is 1. The molecule has 2 heterocycles. The molecule has 2 aromatic carbocycles. The minimum atomic E-state index is -3.99. The molecule has 0 saturated carbocycles. The highest BCUT2D eigenvalue weighted by atomic mass is 32.2. The van der Waals surface area contributed by atoms with Gasteiger partial charge in [-0.15, -0.1) is 10.2 Å². The van der Waals surface area contributed by atoms with Crippen LogP contribution in [0.3, 0.4) is 0 Å². The highest BCUT2D eigenvalue weighted by Crippen LogP contribution is 2.25. The minimum Gasteiger partial charge on any atom is -0.491 e. The summed E-state index contributed by atoms with van der Waals surface area (Å²) in [5.41, 5.74) is 1.15. The van der Waals surface area contributed by atoms with Gasteiger partial charge in [0.2, 0.25) is 5.88 Å². The number of hydrogen-bond acceptors (Lipinski definition) is 7. The average molecular weight is 469 g/mol. The van der Waals surface area contributed by atoms with Crippen LogP contribution in [0.2, 0.25) is 0 Å². The summed E-state index contributed by atoms with van der Waals surface area (Å²) >= 11 is 0. The second-order valence-electron chi connectivity index (χ2n) is 6.89. The molecule has 0 aliphatic carbocycles. The lowest BCUT2D eigenvalue weighted by Gasteiger charge is -2.11. The second-order valence-corrected chi connectivity index (χ2v) is 8.57. The third-order valence-electron chi connectivity index (χ3n) is 4.43. The van der Waals surface area contributed by atoms with E-state index in [0.29, 0.717) is 11.6 Å². The molecule has 11 heteroatoms. The summed E-state index contributed by atoms with van der Waals surface area (Å²) in [6, 6.07) is 14.9. The van der Waals surface area contributed by atoms with Gasteiger partial charge in [-0.25, -0.2) is 17.5 Å². The fourth-order valence-corrected chi connectivity index (χ4v) is 3.95. The predicted octanol–water partition coefficient (Wildman–Crippen LogP) is 4.10. The van der Waals surface area contributed by atoms with Gasteiger partial charge in [-0.1, -0.05) is 0 Å². The lowest BCUT2D eigenvalue weighted by molar-refractivity contribution is 0.321. The molecule has 0 fully saturated rings. The van der Waals surface area contributed by atoms with Crippen LogP contribution in [0.25, 0.3) is 5.82 Å². The van der Waals surface area contributed by atoms with Crippen molar-refractivity contribution in [3.05, 3.63) is 78.4 Å². The Bertz CT molecular complexity index is 1360. The molecule has 0 atom stereocenters. The molecule has 4 aromatic rings. The normalized spacial score (nSPS) is 11.2. The lowest BCUT2D eigenvalue weighted by Crippen LogP contribution is -2.13. The standard InChI is InChI=1S/C22H20FN5O4S/c1-3-31-20-9-8-18(14-19(20)23)33(29,30)27-16-4-6-17(7-5-16)32-22-11-10-21(24-25-22)28-13-12-15(2)26-28/h4-14,27H,3H2,1-2H3. The molecule has 4 rings (SSSR count). The molecule has 0 spiro atoms. The Morgan fingerprint density at radius 1 is 1.03 bits per heavy atom. The quantitative estimate of drug-likeness (QED) is 0.414. The number of benzene rings is 2. The van der Waals surface area contributed by atoms with E-state index in [-0.39, 0.29) is 28.8 Å². The number of hydrogen-bond donors (Lipinski definition) is 1. The van der Waals surface area contributed by atoms with Crippen LogP contribution in [0.15, 0.2) is 71.8 Å². The zero-order valence-electron chi connectivity index (χ0n) is 17.8. The summed E-state index contributed by atoms with van der Waals surface area (Å²) in [6.45, 7) is 3.86. The molecular formula is C22H20FN5O4S. The van der Waals surface area contributed by atoms with Gasteiger partial charge in [0, 0.05) is 18.0 Å². The van der Waals surface area contributed by atoms with Crippen molar-refractivity contribution in [1.29, 1.82) is 0 Å². The van der Waals surface area contributed by atoms with Crippen LogP contribution >= 0.6 is 0 Å². The Kier molecular flexibility index (Phi) is 6.22. The van der Waals surface area contributed by atoms with Crippen molar-refractivity contribution in [2.75, 3.05) is 11.3 Å². The molecule has 1 N–H and O–H groups in total. The van der Waals surface area contributed by atoms with Gasteiger partial charge in [0.05, 0.1) is 17.2 Å². The molecule has 0 aliphatic heterocycles. The third kappa shape index (κ3) is 5.26. The van der Waals surface area contributed by atoms with E-state index in [1.54, 1.807) is 42.1 Å². The summed E-state index contributed by atoms with van der Waals surface area (Å²) in [6.07, 6.45) is 1.78. The lowest BCUT2D eigenvalue weighted by atomic mass is 10.3. The topological polar surface area (TPSA) is 108 Å². The van der Waals surface area contributed by atoms with E-state index in [0.717, 1.165) is 11.8 Å². The molecule has 0 unspecified atom stereocenters. The first-order chi connectivity index (χ1) is 15.8. The number of anilines is 1. The SMILES string of the molecule is CCOc1ccc(S(=O)(=O)Nc2ccc(Oc3ccc(-n4ccc(C)n4)nn3)cc2)cc1F. The zero-order valence-corrected chi connectivity index (χ0v) is 18.6. The van der Waals surface area contributed by atoms with Crippen molar-refractivity contribution in [3.8, 4) is 23.2 Å². The first-order valence-corrected chi connectivity index (χ1v) is 11.4. The zero-order chi connectivity index (χ0) is 23.4. The smallest absolute Gasteiger partial charge is 0.262 e. The van der Waals surface area contributed by atoms with Gasteiger partial charge in [-0.3, -0.25) is 4.72 Å². The maximum absolute atomic E-state index is 14.0. The van der Waals surface area contributed by atoms with E-state index in [1.807, 2.05) is 13.0 Å². The maximum atomic E-state index is 14.0. The van der Waals surface area contributed by atoms with Crippen LogP contribution in [0.4, 0.5) is 10.1 Å². The fraction of sp³-hybridized carbons (Fsp3) is 0.136. The van der Waals surface area contributed by atoms with E-state index in [9.17, 15) is 12.8 Å². The first kappa shape index (κ1) is 22.2. The summed E-state index contributed by atoms with van der Waals surface area (Å²) < 4.78 is 53.9. The van der Waals surface area contributed by atoms with E-state index in [4.69, 9.17) is 9.47 Å². The van der Waals surface area contributed by atoms with Crippen molar-refractivity contribution >= 4 is 15.7 Å². The predicted molar refractivity (Wildman–Crippen MR) is 119 cm³/mol. The van der Waals surface area contributed by atoms with Crippen LogP contribution < -0.4 is 14.2 Å². The van der Waals surface area contributed by atoms with E-state index in [2.05, 4.69) is 20.0 Å². The van der Waals surface area contributed by atoms with Crippen LogP contribution in [-0.2, 0) is 10.0 Å². The van der Waals surface area contributed by atoms with Crippen molar-refractivity contribution in [1.82, 2.24) is 20.0 Å². The van der Waals surface area contributed by atoms with Crippen LogP contribution in [0.5, 0.6) is 17.4 Å². The average Bonchev–Trinajstić information content (AvgIpc) is 3.23. The van der Waals surface area contributed by atoms with Gasteiger partial charge < -0.3 is 9.47 Å². The van der Waals surface area contributed by atoms with Crippen molar-refractivity contribution in [2.24, 2.45) is 0 Å². The van der Waals surface area contributed by atoms with Crippen LogP contribution in [-0.4, -0.2) is 35.0 Å². The Hall–Kier alpha value is -3.99. The highest BCUT2D eigenvalue weighted by Gasteiger charge is 2.17. The van der Waals surface area contributed by atoms with Crippen molar-refractivity contribution < 1.29 is 22.3 Å². The van der Waals surface area contributed by atoms with Gasteiger partial charge in [0.25, 0.3) is 10.0 Å². The molecule has 0 bridgehead atoms. The molecule has 170 valence electrons. The van der Waals surface area contributed by atoms with Crippen molar-refractivity contribution in [2.45, 2.75) is 18.7 Å². The van der Waals surface area contributed by atoms with Gasteiger partial charge >= 0.3 is 0 Å². The Morgan fingerprint density at radius 2 is 1.82 bits per heavy atom. The van der Waals surface area contributed by atoms with E-state index < -0.39 is 15.8 Å². The van der Waals surface area contributed by atoms with Gasteiger partial charge in [0.1, 0.15) is 5.75 Å². The van der Waals surface area contributed by atoms with E-state index in [1.165, 1.54) is 24.3 Å². The Morgan fingerprint density at radius 3 is 2.42 bits per heavy atom. The molecule has 0 radical (unpaired) electrons. The van der Waals surface area contributed by atoms with Crippen LogP contribution in [0.1, 0.15) is 12.6 Å². The number of aryl methyl sites for hydroxylation is 1. The Labute approximate surface area is 189 Å². The first-order valence-electron chi connectivity index (χ1n) is 9.93. The summed E-state index contributed by atoms with van der Waals surface area (Å²) in [5, 5.41) is 12.4. The van der Waals surface area contributed by atoms with E-state index >= 15 is 0 Å². The second kappa shape index (κ2) is 9.25. The maximum Gasteiger partial charge on any atom is 0.262 e.